The van der Waals surface area contributed by atoms with Crippen LogP contribution in [0.2, 0.25) is 10.3 Å². The molecule has 1 aromatic rings. The minimum absolute atomic E-state index is 0.477. The summed E-state index contributed by atoms with van der Waals surface area (Å²) in [5, 5.41) is 0.953. The molecular weight excluding hydrogens is 427 g/mol. The predicted octanol–water partition coefficient (Wildman–Crippen LogP) is 2.02. The van der Waals surface area contributed by atoms with Crippen molar-refractivity contribution in [2.24, 2.45) is 0 Å². The average molecular weight is 441 g/mol. The third kappa shape index (κ3) is 6.07. The molecule has 0 saturated heterocycles. The zero-order valence-electron chi connectivity index (χ0n) is 9.47. The van der Waals surface area contributed by atoms with Gasteiger partial charge >= 0.3 is 32.0 Å². The zero-order valence-corrected chi connectivity index (χ0v) is 14.1. The van der Waals surface area contributed by atoms with Gasteiger partial charge in [-0.25, -0.2) is 0 Å². The van der Waals surface area contributed by atoms with Crippen LogP contribution in [0, 0.1) is 6.33 Å². The number of rotatable bonds is 6. The van der Waals surface area contributed by atoms with Crippen molar-refractivity contribution in [2.75, 3.05) is 27.4 Å². The molecule has 0 aromatic carbocycles. The molecule has 8 heteroatoms. The molecule has 0 atom stereocenters. The van der Waals surface area contributed by atoms with Crippen LogP contribution in [0.3, 0.4) is 0 Å². The van der Waals surface area contributed by atoms with Crippen LogP contribution in [0.25, 0.3) is 0 Å². The summed E-state index contributed by atoms with van der Waals surface area (Å²) in [6.45, 7) is 2.42. The SMILES string of the molecule is COCCn1[c-][n+](CCOC)c(Cl)c1Cl.[Br][Ag]. The third-order valence-corrected chi connectivity index (χ3v) is 2.79. The first-order chi connectivity index (χ1) is 8.20. The molecule has 0 radical (unpaired) electrons. The maximum atomic E-state index is 6.01. The summed E-state index contributed by atoms with van der Waals surface area (Å²) in [4.78, 5) is 0. The Morgan fingerprint density at radius 1 is 1.29 bits per heavy atom. The van der Waals surface area contributed by atoms with Gasteiger partial charge in [-0.2, -0.15) is 0 Å². The molecule has 17 heavy (non-hydrogen) atoms. The predicted molar refractivity (Wildman–Crippen MR) is 66.2 cm³/mol. The van der Waals surface area contributed by atoms with E-state index in [0.717, 1.165) is 0 Å². The number of ether oxygens (including phenoxy) is 2. The van der Waals surface area contributed by atoms with Crippen molar-refractivity contribution in [1.29, 1.82) is 0 Å². The topological polar surface area (TPSA) is 27.3 Å². The van der Waals surface area contributed by atoms with Gasteiger partial charge in [-0.1, -0.05) is 0 Å². The van der Waals surface area contributed by atoms with E-state index in [2.05, 4.69) is 38.3 Å². The number of aromatic nitrogens is 2. The van der Waals surface area contributed by atoms with Crippen LogP contribution in [-0.4, -0.2) is 32.0 Å². The molecule has 0 saturated carbocycles. The first-order valence-corrected chi connectivity index (χ1v) is 8.81. The number of imidazole rings is 1. The fourth-order valence-electron chi connectivity index (χ4n) is 1.12. The maximum absolute atomic E-state index is 6.01. The first kappa shape index (κ1) is 17.9. The number of nitrogens with zero attached hydrogens (tertiary/aromatic N) is 2. The Kier molecular flexibility index (Phi) is 11.4. The van der Waals surface area contributed by atoms with Crippen LogP contribution in [0.1, 0.15) is 0 Å². The van der Waals surface area contributed by atoms with Crippen LogP contribution < -0.4 is 4.57 Å². The van der Waals surface area contributed by atoms with Crippen LogP contribution in [0.4, 0.5) is 0 Å². The van der Waals surface area contributed by atoms with Gasteiger partial charge in [-0.05, 0) is 0 Å². The Bertz CT molecular complexity index is 298. The summed E-state index contributed by atoms with van der Waals surface area (Å²) in [6, 6.07) is 0. The molecule has 0 spiro atoms. The van der Waals surface area contributed by atoms with Gasteiger partial charge in [0.25, 0.3) is 0 Å². The molecular formula is C9H14AgBrCl2N2O2. The van der Waals surface area contributed by atoms with E-state index < -0.39 is 0 Å². The molecule has 0 amide bonds. The van der Waals surface area contributed by atoms with Crippen molar-refractivity contribution in [3.8, 4) is 0 Å². The van der Waals surface area contributed by atoms with E-state index in [4.69, 9.17) is 32.7 Å². The van der Waals surface area contributed by atoms with Crippen LogP contribution >= 0.6 is 36.2 Å². The average Bonchev–Trinajstić information content (AvgIpc) is 2.64. The number of halogens is 3. The van der Waals surface area contributed by atoms with Crippen molar-refractivity contribution < 1.29 is 33.0 Å². The minimum atomic E-state index is 0.477. The van der Waals surface area contributed by atoms with Gasteiger partial charge in [0.1, 0.15) is 0 Å². The number of hydrogen-bond acceptors (Lipinski definition) is 2. The Morgan fingerprint density at radius 2 is 1.88 bits per heavy atom. The number of hydrogen-bond donors (Lipinski definition) is 0. The molecule has 0 aliphatic carbocycles. The van der Waals surface area contributed by atoms with Crippen molar-refractivity contribution in [2.45, 2.75) is 13.1 Å². The van der Waals surface area contributed by atoms with E-state index in [1.165, 1.54) is 0 Å². The van der Waals surface area contributed by atoms with E-state index in [1.807, 2.05) is 0 Å². The van der Waals surface area contributed by atoms with E-state index in [0.29, 0.717) is 36.6 Å². The van der Waals surface area contributed by atoms with Gasteiger partial charge in [0, 0.05) is 14.2 Å². The zero-order chi connectivity index (χ0) is 13.3. The summed E-state index contributed by atoms with van der Waals surface area (Å²) in [5.41, 5.74) is 0. The van der Waals surface area contributed by atoms with Crippen LogP contribution in [0.5, 0.6) is 0 Å². The molecule has 1 rings (SSSR count). The summed E-state index contributed by atoms with van der Waals surface area (Å²) in [7, 11) is 3.27. The Labute approximate surface area is 130 Å². The van der Waals surface area contributed by atoms with Gasteiger partial charge < -0.3 is 18.6 Å². The molecule has 1 heterocycles. The van der Waals surface area contributed by atoms with E-state index in [1.54, 1.807) is 23.4 Å². The molecule has 0 unspecified atom stereocenters. The number of methoxy groups -OCH3 is 2. The molecule has 0 aliphatic heterocycles. The van der Waals surface area contributed by atoms with Gasteiger partial charge in [-0.15, -0.1) is 23.2 Å². The third-order valence-electron chi connectivity index (χ3n) is 1.92. The molecule has 0 aliphatic rings. The molecule has 104 valence electrons. The monoisotopic (exact) mass is 438 g/mol. The summed E-state index contributed by atoms with van der Waals surface area (Å²) < 4.78 is 13.4. The second kappa shape index (κ2) is 10.8. The molecule has 0 fully saturated rings. The van der Waals surface area contributed by atoms with Gasteiger partial charge in [0.05, 0.1) is 36.6 Å². The van der Waals surface area contributed by atoms with Crippen molar-refractivity contribution in [3.63, 3.8) is 0 Å². The quantitative estimate of drug-likeness (QED) is 0.384. The Morgan fingerprint density at radius 3 is 2.41 bits per heavy atom. The summed E-state index contributed by atoms with van der Waals surface area (Å²) in [6.07, 6.45) is 3.03. The van der Waals surface area contributed by atoms with Crippen molar-refractivity contribution in [1.82, 2.24) is 4.57 Å². The van der Waals surface area contributed by atoms with Crippen LogP contribution in [0.15, 0.2) is 0 Å². The molecule has 1 aromatic heterocycles. The van der Waals surface area contributed by atoms with Gasteiger partial charge in [-0.3, -0.25) is 0 Å². The van der Waals surface area contributed by atoms with Crippen LogP contribution in [-0.2, 0) is 41.5 Å². The molecule has 0 bridgehead atoms. The van der Waals surface area contributed by atoms with Crippen molar-refractivity contribution >= 4 is 36.2 Å². The van der Waals surface area contributed by atoms with E-state index in [9.17, 15) is 0 Å². The fourth-order valence-corrected chi connectivity index (χ4v) is 1.57. The second-order valence-corrected chi connectivity index (χ2v) is 3.69. The Balaban J connectivity index is 0.00000121. The van der Waals surface area contributed by atoms with E-state index >= 15 is 0 Å². The normalized spacial score (nSPS) is 10.1. The standard InChI is InChI=1S/C9H14Cl2N2O2.Ag.BrH/c1-14-5-3-12-7-13(4-6-15-2)9(11)8(12)10;;/h3-6H2,1-2H3;;1H/q;+1;/p-1. The van der Waals surface area contributed by atoms with Gasteiger partial charge in [0.2, 0.25) is 6.33 Å². The van der Waals surface area contributed by atoms with Gasteiger partial charge in [0.15, 0.2) is 0 Å². The second-order valence-electron chi connectivity index (χ2n) is 2.97. The summed E-state index contributed by atoms with van der Waals surface area (Å²) >= 11 is 17.5. The van der Waals surface area contributed by atoms with Crippen molar-refractivity contribution in [3.05, 3.63) is 16.6 Å². The molecule has 4 nitrogen and oxygen atoms in total. The first-order valence-electron chi connectivity index (χ1n) is 4.66. The molecule has 0 N–H and O–H groups in total. The Hall–Kier alpha value is 0.930. The fraction of sp³-hybridized carbons (Fsp3) is 0.667. The van der Waals surface area contributed by atoms with E-state index in [-0.39, 0.29) is 0 Å². The summed E-state index contributed by atoms with van der Waals surface area (Å²) in [5.74, 6) is 0.